The molecule has 1 aliphatic rings. The summed E-state index contributed by atoms with van der Waals surface area (Å²) in [7, 11) is 0. The van der Waals surface area contributed by atoms with Crippen LogP contribution in [0.15, 0.2) is 0 Å². The molecule has 0 aromatic carbocycles. The van der Waals surface area contributed by atoms with Gasteiger partial charge in [-0.05, 0) is 13.3 Å². The summed E-state index contributed by atoms with van der Waals surface area (Å²) in [6.07, 6.45) is 0.947. The second-order valence-electron chi connectivity index (χ2n) is 4.65. The molecule has 1 fully saturated rings. The summed E-state index contributed by atoms with van der Waals surface area (Å²) in [4.78, 5) is 26.3. The molecule has 0 aromatic rings. The van der Waals surface area contributed by atoms with Gasteiger partial charge >= 0.3 is 12.0 Å². The predicted molar refractivity (Wildman–Crippen MR) is 64.8 cm³/mol. The summed E-state index contributed by atoms with van der Waals surface area (Å²) in [5, 5.41) is 8.87. The first kappa shape index (κ1) is 13.8. The van der Waals surface area contributed by atoms with E-state index in [2.05, 4.69) is 0 Å². The molecule has 1 atom stereocenters. The highest BCUT2D eigenvalue weighted by Crippen LogP contribution is 2.25. The fourth-order valence-corrected chi connectivity index (χ4v) is 2.05. The quantitative estimate of drug-likeness (QED) is 0.794. The second kappa shape index (κ2) is 5.89. The first-order chi connectivity index (χ1) is 8.01. The molecule has 1 unspecified atom stereocenters. The third-order valence-corrected chi connectivity index (χ3v) is 3.42. The lowest BCUT2D eigenvalue weighted by Crippen LogP contribution is -2.57. The summed E-state index contributed by atoms with van der Waals surface area (Å²) in [6, 6.07) is 0.0446. The van der Waals surface area contributed by atoms with Gasteiger partial charge in [0.05, 0.1) is 5.92 Å². The monoisotopic (exact) mass is 242 g/mol. The maximum Gasteiger partial charge on any atom is 0.320 e. The first-order valence-corrected chi connectivity index (χ1v) is 6.27. The Morgan fingerprint density at radius 3 is 2.41 bits per heavy atom. The van der Waals surface area contributed by atoms with Crippen molar-refractivity contribution in [1.82, 2.24) is 9.80 Å². The van der Waals surface area contributed by atoms with Gasteiger partial charge < -0.3 is 14.9 Å². The third kappa shape index (κ3) is 3.11. The van der Waals surface area contributed by atoms with E-state index in [-0.39, 0.29) is 17.9 Å². The fourth-order valence-electron chi connectivity index (χ4n) is 2.05. The average molecular weight is 242 g/mol. The van der Waals surface area contributed by atoms with Crippen LogP contribution in [0.3, 0.4) is 0 Å². The number of urea groups is 1. The van der Waals surface area contributed by atoms with E-state index in [0.717, 1.165) is 13.0 Å². The smallest absolute Gasteiger partial charge is 0.320 e. The molecular formula is C12H22N2O3. The normalized spacial score (nSPS) is 17.5. The van der Waals surface area contributed by atoms with E-state index in [1.807, 2.05) is 18.7 Å². The Morgan fingerprint density at radius 1 is 1.41 bits per heavy atom. The predicted octanol–water partition coefficient (Wildman–Crippen LogP) is 1.49. The summed E-state index contributed by atoms with van der Waals surface area (Å²) in [5.74, 6) is -1.03. The van der Waals surface area contributed by atoms with Crippen molar-refractivity contribution in [1.29, 1.82) is 0 Å². The molecule has 0 aromatic heterocycles. The number of carbonyl (C=O) groups is 2. The number of hydrogen-bond donors (Lipinski definition) is 1. The molecule has 0 aliphatic carbocycles. The zero-order valence-electron chi connectivity index (χ0n) is 10.8. The largest absolute Gasteiger partial charge is 0.481 e. The third-order valence-electron chi connectivity index (χ3n) is 3.42. The number of likely N-dealkylation sites (tertiary alicyclic amines) is 1. The van der Waals surface area contributed by atoms with Gasteiger partial charge in [-0.1, -0.05) is 13.8 Å². The van der Waals surface area contributed by atoms with Gasteiger partial charge in [0.15, 0.2) is 0 Å². The van der Waals surface area contributed by atoms with Crippen LogP contribution in [0.25, 0.3) is 0 Å². The van der Waals surface area contributed by atoms with Crippen molar-refractivity contribution in [2.75, 3.05) is 26.2 Å². The molecule has 5 nitrogen and oxygen atoms in total. The van der Waals surface area contributed by atoms with E-state index >= 15 is 0 Å². The number of carboxylic acid groups (broad SMARTS) is 1. The molecule has 0 spiro atoms. The van der Waals surface area contributed by atoms with Gasteiger partial charge in [-0.2, -0.15) is 0 Å². The van der Waals surface area contributed by atoms with Gasteiger partial charge in [0.25, 0.3) is 0 Å². The van der Waals surface area contributed by atoms with Crippen molar-refractivity contribution in [2.24, 2.45) is 11.8 Å². The standard InChI is InChI=1S/C12H22N2O3/c1-4-6-13(5-2)12(17)14-7-10(8-14)9(3)11(15)16/h9-10H,4-8H2,1-3H3,(H,15,16). The molecular weight excluding hydrogens is 220 g/mol. The topological polar surface area (TPSA) is 60.9 Å². The molecule has 5 heteroatoms. The summed E-state index contributed by atoms with van der Waals surface area (Å²) in [5.41, 5.74) is 0. The molecule has 1 N–H and O–H groups in total. The van der Waals surface area contributed by atoms with Crippen molar-refractivity contribution >= 4 is 12.0 Å². The fraction of sp³-hybridized carbons (Fsp3) is 0.833. The van der Waals surface area contributed by atoms with Crippen LogP contribution >= 0.6 is 0 Å². The Morgan fingerprint density at radius 2 is 2.00 bits per heavy atom. The van der Waals surface area contributed by atoms with E-state index in [1.165, 1.54) is 0 Å². The minimum absolute atomic E-state index is 0.0446. The zero-order valence-corrected chi connectivity index (χ0v) is 10.8. The Labute approximate surface area is 102 Å². The van der Waals surface area contributed by atoms with E-state index in [1.54, 1.807) is 11.8 Å². The van der Waals surface area contributed by atoms with Crippen molar-refractivity contribution in [2.45, 2.75) is 27.2 Å². The summed E-state index contributed by atoms with van der Waals surface area (Å²) < 4.78 is 0. The van der Waals surface area contributed by atoms with E-state index in [4.69, 9.17) is 5.11 Å². The van der Waals surface area contributed by atoms with Crippen LogP contribution in [0.4, 0.5) is 4.79 Å². The van der Waals surface area contributed by atoms with Crippen LogP contribution in [0.1, 0.15) is 27.2 Å². The number of carbonyl (C=O) groups excluding carboxylic acids is 1. The van der Waals surface area contributed by atoms with Gasteiger partial charge in [0, 0.05) is 32.1 Å². The molecule has 0 saturated carbocycles. The number of rotatable bonds is 5. The van der Waals surface area contributed by atoms with Gasteiger partial charge in [0.2, 0.25) is 0 Å². The lowest BCUT2D eigenvalue weighted by molar-refractivity contribution is -0.144. The van der Waals surface area contributed by atoms with Gasteiger partial charge in [0.1, 0.15) is 0 Å². The van der Waals surface area contributed by atoms with Crippen LogP contribution in [0, 0.1) is 11.8 Å². The minimum Gasteiger partial charge on any atom is -0.481 e. The Hall–Kier alpha value is -1.26. The molecule has 98 valence electrons. The molecule has 1 aliphatic heterocycles. The lowest BCUT2D eigenvalue weighted by Gasteiger charge is -2.43. The summed E-state index contributed by atoms with van der Waals surface area (Å²) in [6.45, 7) is 8.34. The molecule has 17 heavy (non-hydrogen) atoms. The Kier molecular flexibility index (Phi) is 4.78. The highest BCUT2D eigenvalue weighted by Gasteiger charge is 2.38. The Balaban J connectivity index is 2.41. The number of carboxylic acids is 1. The van der Waals surface area contributed by atoms with Crippen LogP contribution in [0.2, 0.25) is 0 Å². The van der Waals surface area contributed by atoms with Crippen molar-refractivity contribution < 1.29 is 14.7 Å². The van der Waals surface area contributed by atoms with Gasteiger partial charge in [-0.3, -0.25) is 4.79 Å². The molecule has 0 radical (unpaired) electrons. The van der Waals surface area contributed by atoms with Gasteiger partial charge in [-0.15, -0.1) is 0 Å². The highest BCUT2D eigenvalue weighted by atomic mass is 16.4. The zero-order chi connectivity index (χ0) is 13.0. The molecule has 1 rings (SSSR count). The van der Waals surface area contributed by atoms with Crippen molar-refractivity contribution in [3.63, 3.8) is 0 Å². The maximum atomic E-state index is 12.0. The lowest BCUT2D eigenvalue weighted by atomic mass is 9.87. The molecule has 1 saturated heterocycles. The van der Waals surface area contributed by atoms with Crippen molar-refractivity contribution in [3.8, 4) is 0 Å². The van der Waals surface area contributed by atoms with Crippen LogP contribution in [-0.2, 0) is 4.79 Å². The highest BCUT2D eigenvalue weighted by molar-refractivity contribution is 5.76. The number of amides is 2. The van der Waals surface area contributed by atoms with Crippen molar-refractivity contribution in [3.05, 3.63) is 0 Å². The van der Waals surface area contributed by atoms with Crippen LogP contribution in [0.5, 0.6) is 0 Å². The first-order valence-electron chi connectivity index (χ1n) is 6.27. The van der Waals surface area contributed by atoms with Crippen LogP contribution < -0.4 is 0 Å². The number of nitrogens with zero attached hydrogens (tertiary/aromatic N) is 2. The Bertz CT molecular complexity index is 287. The molecule has 2 amide bonds. The van der Waals surface area contributed by atoms with E-state index in [0.29, 0.717) is 19.6 Å². The number of aliphatic carboxylic acids is 1. The van der Waals surface area contributed by atoms with Gasteiger partial charge in [-0.25, -0.2) is 4.79 Å². The van der Waals surface area contributed by atoms with E-state index < -0.39 is 5.97 Å². The minimum atomic E-state index is -0.775. The molecule has 0 bridgehead atoms. The maximum absolute atomic E-state index is 12.0. The van der Waals surface area contributed by atoms with Crippen LogP contribution in [-0.4, -0.2) is 53.1 Å². The number of hydrogen-bond acceptors (Lipinski definition) is 2. The molecule has 1 heterocycles. The SMILES string of the molecule is CCCN(CC)C(=O)N1CC(C(C)C(=O)O)C1. The average Bonchev–Trinajstić information content (AvgIpc) is 2.23. The van der Waals surface area contributed by atoms with E-state index in [9.17, 15) is 9.59 Å². The summed E-state index contributed by atoms with van der Waals surface area (Å²) >= 11 is 0. The second-order valence-corrected chi connectivity index (χ2v) is 4.65.